The summed E-state index contributed by atoms with van der Waals surface area (Å²) in [5.41, 5.74) is 1.30. The normalized spacial score (nSPS) is 14.1. The van der Waals surface area contributed by atoms with E-state index in [1.165, 1.54) is 81.9 Å². The fourth-order valence-electron chi connectivity index (χ4n) is 4.60. The zero-order valence-corrected chi connectivity index (χ0v) is 27.4. The van der Waals surface area contributed by atoms with Crippen molar-refractivity contribution in [1.82, 2.24) is 4.90 Å². The fourth-order valence-corrected chi connectivity index (χ4v) is 9.92. The molecule has 1 aliphatic heterocycles. The number of halogens is 2. The first kappa shape index (κ1) is 29.4. The minimum atomic E-state index is -0.0943. The molecule has 0 N–H and O–H groups in total. The molecule has 35 heavy (non-hydrogen) atoms. The van der Waals surface area contributed by atoms with Crippen molar-refractivity contribution in [3.63, 3.8) is 0 Å². The Morgan fingerprint density at radius 2 is 0.971 bits per heavy atom. The Bertz CT molecular complexity index is 933. The number of imide groups is 1. The quantitative estimate of drug-likeness (QED) is 0.0936. The second-order valence-electron chi connectivity index (χ2n) is 9.32. The molecule has 0 saturated carbocycles. The van der Waals surface area contributed by atoms with Crippen LogP contribution in [0.15, 0.2) is 31.0 Å². The number of rotatable bonds is 17. The first-order valence-electron chi connectivity index (χ1n) is 13.1. The molecule has 0 radical (unpaired) electrons. The molecule has 0 aromatic carbocycles. The molecule has 0 fully saturated rings. The van der Waals surface area contributed by atoms with Gasteiger partial charge in [0.1, 0.15) is 0 Å². The number of hydrogen-bond acceptors (Lipinski definition) is 2. The Labute approximate surface area is 239 Å². The molecular formula is C28H37Br2NO2Se2. The van der Waals surface area contributed by atoms with E-state index >= 15 is 0 Å². The average Bonchev–Trinajstić information content (AvgIpc) is 3.52. The summed E-state index contributed by atoms with van der Waals surface area (Å²) in [4.78, 5) is 28.2. The van der Waals surface area contributed by atoms with Crippen molar-refractivity contribution in [2.45, 2.75) is 96.8 Å². The Morgan fingerprint density at radius 3 is 1.31 bits per heavy atom. The Hall–Kier alpha value is -0.161. The van der Waals surface area contributed by atoms with Crippen molar-refractivity contribution >= 4 is 83.8 Å². The molecule has 2 aromatic heterocycles. The topological polar surface area (TPSA) is 37.4 Å². The number of carbonyl (C=O) groups excluding carboxylic acids is 2. The molecule has 192 valence electrons. The number of unbranched alkanes of at least 4 members (excludes halogenated alkanes) is 13. The summed E-state index contributed by atoms with van der Waals surface area (Å²) < 4.78 is 4.26. The van der Waals surface area contributed by atoms with E-state index < -0.39 is 0 Å². The molecule has 2 amide bonds. The molecule has 3 heterocycles. The SMILES string of the molecule is CCCCCCCCCCCCCCCCN1C(=O)C(c2ccc(Br)[se]2)=C(c2ccc(Br)[se]2)C1=O. The molecule has 2 aromatic rings. The number of hydrogen-bond donors (Lipinski definition) is 0. The van der Waals surface area contributed by atoms with E-state index in [1.807, 2.05) is 24.3 Å². The third kappa shape index (κ3) is 8.97. The van der Waals surface area contributed by atoms with Crippen LogP contribution < -0.4 is 0 Å². The summed E-state index contributed by atoms with van der Waals surface area (Å²) in [5, 5.41) is 0. The van der Waals surface area contributed by atoms with Crippen LogP contribution in [0.2, 0.25) is 0 Å². The van der Waals surface area contributed by atoms with Gasteiger partial charge in [-0.2, -0.15) is 0 Å². The maximum atomic E-state index is 13.4. The summed E-state index contributed by atoms with van der Waals surface area (Å²) in [7, 11) is 0. The monoisotopic (exact) mass is 737 g/mol. The van der Waals surface area contributed by atoms with Gasteiger partial charge in [0, 0.05) is 0 Å². The van der Waals surface area contributed by atoms with Crippen LogP contribution in [0.4, 0.5) is 0 Å². The van der Waals surface area contributed by atoms with Gasteiger partial charge in [0.25, 0.3) is 0 Å². The van der Waals surface area contributed by atoms with Crippen molar-refractivity contribution in [1.29, 1.82) is 0 Å². The van der Waals surface area contributed by atoms with Crippen molar-refractivity contribution in [2.75, 3.05) is 6.54 Å². The van der Waals surface area contributed by atoms with Gasteiger partial charge in [0.15, 0.2) is 0 Å². The molecule has 0 saturated heterocycles. The summed E-state index contributed by atoms with van der Waals surface area (Å²) in [5.74, 6) is -0.189. The van der Waals surface area contributed by atoms with Gasteiger partial charge in [-0.25, -0.2) is 0 Å². The molecule has 3 rings (SSSR count). The second kappa shape index (κ2) is 15.9. The van der Waals surface area contributed by atoms with Crippen molar-refractivity contribution in [3.05, 3.63) is 39.8 Å². The number of amides is 2. The minimum absolute atomic E-state index is 0.0540. The molecule has 7 heteroatoms. The Morgan fingerprint density at radius 1 is 0.600 bits per heavy atom. The first-order valence-corrected chi connectivity index (χ1v) is 18.2. The molecule has 0 spiro atoms. The van der Waals surface area contributed by atoms with Gasteiger partial charge in [-0.1, -0.05) is 51.9 Å². The van der Waals surface area contributed by atoms with E-state index in [0.29, 0.717) is 17.7 Å². The Balaban J connectivity index is 1.38. The second-order valence-corrected chi connectivity index (χ2v) is 17.9. The predicted octanol–water partition coefficient (Wildman–Crippen LogP) is 8.09. The van der Waals surface area contributed by atoms with Crippen molar-refractivity contribution < 1.29 is 9.59 Å². The third-order valence-corrected chi connectivity index (χ3v) is 12.5. The summed E-state index contributed by atoms with van der Waals surface area (Å²) in [6.07, 6.45) is 18.2. The van der Waals surface area contributed by atoms with Gasteiger partial charge in [-0.3, -0.25) is 0 Å². The van der Waals surface area contributed by atoms with Crippen LogP contribution in [0, 0.1) is 0 Å². The van der Waals surface area contributed by atoms with Crippen molar-refractivity contribution in [3.8, 4) is 0 Å². The Kier molecular flexibility index (Phi) is 13.4. The average molecular weight is 737 g/mol. The molecule has 3 nitrogen and oxygen atoms in total. The molecule has 1 aliphatic rings. The van der Waals surface area contributed by atoms with E-state index in [4.69, 9.17) is 0 Å². The van der Waals surface area contributed by atoms with Gasteiger partial charge < -0.3 is 0 Å². The standard InChI is InChI=1S/C28H37Br2NO2Se2/c1-2-3-4-5-6-7-8-9-10-11-12-13-14-15-20-31-27(32)25(21-16-18-23(29)34-21)26(28(31)33)22-17-19-24(30)35-22/h16-19H,2-15,20H2,1H3. The van der Waals surface area contributed by atoms with E-state index in [-0.39, 0.29) is 40.8 Å². The van der Waals surface area contributed by atoms with Gasteiger partial charge >= 0.3 is 190 Å². The number of carbonyl (C=O) groups is 2. The van der Waals surface area contributed by atoms with Crippen LogP contribution in [-0.2, 0) is 9.59 Å². The van der Waals surface area contributed by atoms with Crippen LogP contribution in [0.25, 0.3) is 11.1 Å². The van der Waals surface area contributed by atoms with E-state index in [0.717, 1.165) is 28.4 Å². The van der Waals surface area contributed by atoms with Gasteiger partial charge in [0.05, 0.1) is 0 Å². The van der Waals surface area contributed by atoms with Crippen LogP contribution >= 0.6 is 31.9 Å². The first-order chi connectivity index (χ1) is 17.0. The zero-order valence-electron chi connectivity index (χ0n) is 20.8. The van der Waals surface area contributed by atoms with Crippen LogP contribution in [-0.4, -0.2) is 52.3 Å². The molecular weight excluding hydrogens is 700 g/mol. The van der Waals surface area contributed by atoms with E-state index in [1.54, 1.807) is 0 Å². The number of nitrogens with zero attached hydrogens (tertiary/aromatic N) is 1. The van der Waals surface area contributed by atoms with Crippen LogP contribution in [0.1, 0.15) is 106 Å². The summed E-state index contributed by atoms with van der Waals surface area (Å²) in [6, 6.07) is 8.03. The third-order valence-electron chi connectivity index (χ3n) is 6.54. The van der Waals surface area contributed by atoms with E-state index in [9.17, 15) is 9.59 Å². The molecule has 0 bridgehead atoms. The summed E-state index contributed by atoms with van der Waals surface area (Å²) >= 11 is 7.24. The summed E-state index contributed by atoms with van der Waals surface area (Å²) in [6.45, 7) is 2.81. The van der Waals surface area contributed by atoms with Crippen LogP contribution in [0.3, 0.4) is 0 Å². The maximum absolute atomic E-state index is 13.4. The van der Waals surface area contributed by atoms with Crippen molar-refractivity contribution in [2.24, 2.45) is 0 Å². The van der Waals surface area contributed by atoms with Gasteiger partial charge in [-0.15, -0.1) is 0 Å². The van der Waals surface area contributed by atoms with Crippen LogP contribution in [0.5, 0.6) is 0 Å². The fraction of sp³-hybridized carbons (Fsp3) is 0.571. The molecule has 0 unspecified atom stereocenters. The van der Waals surface area contributed by atoms with Gasteiger partial charge in [-0.05, 0) is 0 Å². The molecule has 0 atom stereocenters. The zero-order chi connectivity index (χ0) is 25.0. The van der Waals surface area contributed by atoms with Gasteiger partial charge in [0.2, 0.25) is 0 Å². The predicted molar refractivity (Wildman–Crippen MR) is 156 cm³/mol. The van der Waals surface area contributed by atoms with E-state index in [2.05, 4.69) is 38.8 Å². The molecule has 0 aliphatic carbocycles.